The van der Waals surface area contributed by atoms with E-state index in [9.17, 15) is 4.79 Å². The van der Waals surface area contributed by atoms with Gasteiger partial charge in [-0.25, -0.2) is 5.06 Å². The summed E-state index contributed by atoms with van der Waals surface area (Å²) in [7, 11) is 0. The van der Waals surface area contributed by atoms with E-state index in [2.05, 4.69) is 10.1 Å². The third kappa shape index (κ3) is 3.20. The van der Waals surface area contributed by atoms with Gasteiger partial charge in [-0.2, -0.15) is 0 Å². The highest BCUT2D eigenvalue weighted by atomic mass is 16.7. The van der Waals surface area contributed by atoms with Gasteiger partial charge < -0.3 is 9.26 Å². The third-order valence-corrected chi connectivity index (χ3v) is 5.34. The number of likely N-dealkylation sites (tertiary alicyclic amines) is 1. The number of hydrogen-bond acceptors (Lipinski definition) is 6. The molecule has 1 amide bonds. The quantitative estimate of drug-likeness (QED) is 0.828. The molecule has 1 aromatic heterocycles. The molecule has 3 atom stereocenters. The molecule has 24 heavy (non-hydrogen) atoms. The Hall–Kier alpha value is -1.44. The lowest BCUT2D eigenvalue weighted by Crippen LogP contribution is -2.47. The van der Waals surface area contributed by atoms with Crippen molar-refractivity contribution in [2.45, 2.75) is 26.3 Å². The van der Waals surface area contributed by atoms with Crippen molar-refractivity contribution in [2.75, 3.05) is 39.5 Å². The minimum absolute atomic E-state index is 0.0918. The molecule has 3 aliphatic rings. The molecule has 1 aromatic rings. The van der Waals surface area contributed by atoms with Gasteiger partial charge in [-0.15, -0.1) is 0 Å². The molecule has 0 aromatic carbocycles. The Morgan fingerprint density at radius 2 is 2.25 bits per heavy atom. The van der Waals surface area contributed by atoms with Crippen LogP contribution in [0, 0.1) is 24.7 Å². The maximum absolute atomic E-state index is 12.8. The monoisotopic (exact) mass is 335 g/mol. The number of fused-ring (bicyclic) bond motifs is 1. The number of carbonyl (C=O) groups excluding carboxylic acids is 1. The zero-order chi connectivity index (χ0) is 16.5. The summed E-state index contributed by atoms with van der Waals surface area (Å²) in [4.78, 5) is 20.8. The highest BCUT2D eigenvalue weighted by Crippen LogP contribution is 2.36. The molecule has 4 heterocycles. The van der Waals surface area contributed by atoms with E-state index >= 15 is 0 Å². The Morgan fingerprint density at radius 1 is 1.33 bits per heavy atom. The first-order valence-corrected chi connectivity index (χ1v) is 8.87. The Bertz CT molecular complexity index is 584. The average molecular weight is 335 g/mol. The predicted molar refractivity (Wildman–Crippen MR) is 84.7 cm³/mol. The lowest BCUT2D eigenvalue weighted by Gasteiger charge is -2.36. The molecule has 4 rings (SSSR count). The van der Waals surface area contributed by atoms with Crippen LogP contribution in [0.4, 0.5) is 0 Å². The molecule has 3 fully saturated rings. The van der Waals surface area contributed by atoms with Crippen molar-refractivity contribution in [3.8, 4) is 0 Å². The molecule has 0 spiro atoms. The molecular weight excluding hydrogens is 310 g/mol. The van der Waals surface area contributed by atoms with Gasteiger partial charge in [0.05, 0.1) is 31.4 Å². The number of nitrogens with zero attached hydrogens (tertiary/aromatic N) is 3. The fraction of sp³-hybridized carbons (Fsp3) is 0.765. The van der Waals surface area contributed by atoms with E-state index in [0.29, 0.717) is 31.6 Å². The molecule has 0 bridgehead atoms. The van der Waals surface area contributed by atoms with Crippen molar-refractivity contribution >= 4 is 5.91 Å². The highest BCUT2D eigenvalue weighted by molar-refractivity contribution is 5.78. The molecule has 0 N–H and O–H groups in total. The SMILES string of the molecule is Cc1cc(CN2C[C@@H]3COC[C@@H](C(=O)N4CCCCO4)[C@@H]3C2)no1. The summed E-state index contributed by atoms with van der Waals surface area (Å²) in [5.41, 5.74) is 0.953. The first-order valence-electron chi connectivity index (χ1n) is 8.87. The summed E-state index contributed by atoms with van der Waals surface area (Å²) < 4.78 is 10.9. The minimum atomic E-state index is -0.0918. The van der Waals surface area contributed by atoms with E-state index in [1.54, 1.807) is 5.06 Å². The van der Waals surface area contributed by atoms with E-state index in [-0.39, 0.29) is 11.8 Å². The molecule has 7 nitrogen and oxygen atoms in total. The van der Waals surface area contributed by atoms with Crippen LogP contribution >= 0.6 is 0 Å². The number of carbonyl (C=O) groups is 1. The van der Waals surface area contributed by atoms with Crippen LogP contribution < -0.4 is 0 Å². The van der Waals surface area contributed by atoms with Gasteiger partial charge in [-0.3, -0.25) is 14.5 Å². The fourth-order valence-corrected chi connectivity index (χ4v) is 4.15. The standard InChI is InChI=1S/C17H25N3O4/c1-12-6-14(18-24-12)8-19-7-13-10-22-11-16(15(13)9-19)17(21)20-4-2-3-5-23-20/h6,13,15-16H,2-5,7-11H2,1H3/t13-,15-,16-/m1/s1. The second-order valence-corrected chi connectivity index (χ2v) is 7.17. The van der Waals surface area contributed by atoms with Gasteiger partial charge in [-0.1, -0.05) is 5.16 Å². The van der Waals surface area contributed by atoms with Crippen molar-refractivity contribution < 1.29 is 18.9 Å². The molecule has 3 aliphatic heterocycles. The summed E-state index contributed by atoms with van der Waals surface area (Å²) in [6.45, 7) is 7.12. The van der Waals surface area contributed by atoms with E-state index in [1.165, 1.54) is 0 Å². The summed E-state index contributed by atoms with van der Waals surface area (Å²) in [5.74, 6) is 1.59. The minimum Gasteiger partial charge on any atom is -0.380 e. The van der Waals surface area contributed by atoms with Gasteiger partial charge >= 0.3 is 0 Å². The van der Waals surface area contributed by atoms with E-state index < -0.39 is 0 Å². The normalized spacial score (nSPS) is 31.2. The maximum Gasteiger partial charge on any atom is 0.251 e. The molecule has 132 valence electrons. The predicted octanol–water partition coefficient (Wildman–Crippen LogP) is 1.23. The van der Waals surface area contributed by atoms with Crippen molar-refractivity contribution in [2.24, 2.45) is 17.8 Å². The molecule has 0 unspecified atom stereocenters. The number of amides is 1. The van der Waals surface area contributed by atoms with E-state index in [4.69, 9.17) is 14.1 Å². The van der Waals surface area contributed by atoms with Crippen molar-refractivity contribution in [3.05, 3.63) is 17.5 Å². The Balaban J connectivity index is 1.41. The van der Waals surface area contributed by atoms with Gasteiger partial charge in [-0.05, 0) is 31.6 Å². The smallest absolute Gasteiger partial charge is 0.251 e. The van der Waals surface area contributed by atoms with Crippen LogP contribution in [0.15, 0.2) is 10.6 Å². The van der Waals surface area contributed by atoms with Gasteiger partial charge in [0.1, 0.15) is 5.76 Å². The Morgan fingerprint density at radius 3 is 3.00 bits per heavy atom. The summed E-state index contributed by atoms with van der Waals surface area (Å²) >= 11 is 0. The van der Waals surface area contributed by atoms with Gasteiger partial charge in [0, 0.05) is 32.2 Å². The summed E-state index contributed by atoms with van der Waals surface area (Å²) in [6, 6.07) is 1.97. The Labute approximate surface area is 141 Å². The molecule has 7 heteroatoms. The van der Waals surface area contributed by atoms with Crippen LogP contribution in [0.3, 0.4) is 0 Å². The first kappa shape index (κ1) is 16.1. The van der Waals surface area contributed by atoms with Crippen LogP contribution in [0.1, 0.15) is 24.3 Å². The zero-order valence-corrected chi connectivity index (χ0v) is 14.1. The molecule has 0 aliphatic carbocycles. The average Bonchev–Trinajstić information content (AvgIpc) is 3.20. The topological polar surface area (TPSA) is 68.0 Å². The van der Waals surface area contributed by atoms with Crippen molar-refractivity contribution in [1.82, 2.24) is 15.1 Å². The summed E-state index contributed by atoms with van der Waals surface area (Å²) in [6.07, 6.45) is 2.05. The lowest BCUT2D eigenvalue weighted by atomic mass is 9.82. The number of aryl methyl sites for hydroxylation is 1. The zero-order valence-electron chi connectivity index (χ0n) is 14.1. The number of hydroxylamine groups is 2. The number of ether oxygens (including phenoxy) is 1. The lowest BCUT2D eigenvalue weighted by molar-refractivity contribution is -0.207. The van der Waals surface area contributed by atoms with Gasteiger partial charge in [0.25, 0.3) is 5.91 Å². The molecule has 3 saturated heterocycles. The largest absolute Gasteiger partial charge is 0.380 e. The van der Waals surface area contributed by atoms with E-state index in [1.807, 2.05) is 13.0 Å². The van der Waals surface area contributed by atoms with Crippen molar-refractivity contribution in [1.29, 1.82) is 0 Å². The first-order chi connectivity index (χ1) is 11.7. The molecule has 0 saturated carbocycles. The molecular formula is C17H25N3O4. The number of hydrogen-bond donors (Lipinski definition) is 0. The van der Waals surface area contributed by atoms with Crippen LogP contribution in [-0.4, -0.2) is 60.5 Å². The second kappa shape index (κ2) is 6.82. The number of rotatable bonds is 3. The van der Waals surface area contributed by atoms with Gasteiger partial charge in [0.15, 0.2) is 0 Å². The van der Waals surface area contributed by atoms with Crippen LogP contribution in [0.5, 0.6) is 0 Å². The van der Waals surface area contributed by atoms with Crippen LogP contribution in [-0.2, 0) is 20.9 Å². The Kier molecular flexibility index (Phi) is 4.56. The van der Waals surface area contributed by atoms with Gasteiger partial charge in [0.2, 0.25) is 0 Å². The van der Waals surface area contributed by atoms with E-state index in [0.717, 1.165) is 50.5 Å². The maximum atomic E-state index is 12.8. The van der Waals surface area contributed by atoms with Crippen LogP contribution in [0.2, 0.25) is 0 Å². The fourth-order valence-electron chi connectivity index (χ4n) is 4.15. The number of aromatic nitrogens is 1. The second-order valence-electron chi connectivity index (χ2n) is 7.17. The third-order valence-electron chi connectivity index (χ3n) is 5.34. The van der Waals surface area contributed by atoms with Crippen LogP contribution in [0.25, 0.3) is 0 Å². The summed E-state index contributed by atoms with van der Waals surface area (Å²) in [5, 5.41) is 5.65. The highest BCUT2D eigenvalue weighted by Gasteiger charge is 2.45. The molecule has 0 radical (unpaired) electrons. The van der Waals surface area contributed by atoms with Crippen molar-refractivity contribution in [3.63, 3.8) is 0 Å².